The Morgan fingerprint density at radius 3 is 2.52 bits per heavy atom. The highest BCUT2D eigenvalue weighted by Gasteiger charge is 2.13. The summed E-state index contributed by atoms with van der Waals surface area (Å²) < 4.78 is 38.8. The molecule has 0 atom stereocenters. The molecule has 152 valence electrons. The molecule has 3 rings (SSSR count). The lowest BCUT2D eigenvalue weighted by atomic mass is 10.1. The molecule has 0 spiro atoms. The zero-order valence-corrected chi connectivity index (χ0v) is 16.3. The first-order chi connectivity index (χ1) is 13.9. The van der Waals surface area contributed by atoms with E-state index in [0.717, 1.165) is 29.8 Å². The first kappa shape index (κ1) is 20.3. The van der Waals surface area contributed by atoms with Crippen LogP contribution in [0.4, 0.5) is 20.4 Å². The molecule has 3 aromatic rings. The van der Waals surface area contributed by atoms with Gasteiger partial charge in [0.25, 0.3) is 0 Å². The summed E-state index contributed by atoms with van der Waals surface area (Å²) in [4.78, 5) is 16.3. The van der Waals surface area contributed by atoms with Crippen molar-refractivity contribution in [3.8, 4) is 11.5 Å². The first-order valence-corrected chi connectivity index (χ1v) is 8.98. The molecule has 29 heavy (non-hydrogen) atoms. The lowest BCUT2D eigenvalue weighted by Gasteiger charge is -2.17. The second kappa shape index (κ2) is 8.72. The molecule has 0 saturated carbocycles. The van der Waals surface area contributed by atoms with Gasteiger partial charge in [0.2, 0.25) is 11.7 Å². The van der Waals surface area contributed by atoms with Crippen LogP contribution in [0.5, 0.6) is 11.5 Å². The first-order valence-electron chi connectivity index (χ1n) is 8.98. The van der Waals surface area contributed by atoms with E-state index in [1.54, 1.807) is 17.7 Å². The van der Waals surface area contributed by atoms with Crippen molar-refractivity contribution in [1.82, 2.24) is 9.55 Å². The van der Waals surface area contributed by atoms with E-state index in [1.165, 1.54) is 19.4 Å². The van der Waals surface area contributed by atoms with Gasteiger partial charge in [0, 0.05) is 11.8 Å². The summed E-state index contributed by atoms with van der Waals surface area (Å²) in [5, 5.41) is 3.15. The quantitative estimate of drug-likeness (QED) is 0.651. The van der Waals surface area contributed by atoms with Gasteiger partial charge < -0.3 is 19.4 Å². The number of methoxy groups -OCH3 is 2. The largest absolute Gasteiger partial charge is 0.497 e. The van der Waals surface area contributed by atoms with Crippen molar-refractivity contribution in [3.63, 3.8) is 0 Å². The summed E-state index contributed by atoms with van der Waals surface area (Å²) in [5.41, 5.74) is 1.68. The molecular formula is C21H21F2N3O3. The van der Waals surface area contributed by atoms with Gasteiger partial charge in [0.1, 0.15) is 5.75 Å². The minimum atomic E-state index is -0.945. The Kier molecular flexibility index (Phi) is 6.11. The van der Waals surface area contributed by atoms with Crippen LogP contribution in [0.1, 0.15) is 18.1 Å². The third-order valence-corrected chi connectivity index (χ3v) is 4.46. The summed E-state index contributed by atoms with van der Waals surface area (Å²) in [6.45, 7) is 2.15. The predicted octanol–water partition coefficient (Wildman–Crippen LogP) is 3.89. The Morgan fingerprint density at radius 2 is 1.86 bits per heavy atom. The number of nitrogens with one attached hydrogen (secondary N) is 1. The van der Waals surface area contributed by atoms with Crippen LogP contribution in [0.15, 0.2) is 47.4 Å². The Balaban J connectivity index is 2.05. The topological polar surface area (TPSA) is 65.4 Å². The average Bonchev–Trinajstić information content (AvgIpc) is 2.72. The highest BCUT2D eigenvalue weighted by molar-refractivity contribution is 5.61. The van der Waals surface area contributed by atoms with Gasteiger partial charge in [-0.1, -0.05) is 19.1 Å². The molecule has 0 aliphatic heterocycles. The summed E-state index contributed by atoms with van der Waals surface area (Å²) in [5.74, 6) is -0.943. The van der Waals surface area contributed by atoms with Gasteiger partial charge in [-0.3, -0.25) is 4.79 Å². The molecule has 0 saturated heterocycles. The Hall–Kier alpha value is -3.42. The number of anilines is 2. The lowest BCUT2D eigenvalue weighted by molar-refractivity contribution is 0.402. The molecule has 0 radical (unpaired) electrons. The zero-order valence-electron chi connectivity index (χ0n) is 16.3. The number of aromatic nitrogens is 2. The molecule has 0 unspecified atom stereocenters. The standard InChI is InChI=1S/C21H21F2N3O3/c1-4-14-6-7-15(28-2)10-18(14)24-21-25-20(27)19(29-3)12-26(21)11-13-5-8-16(22)17(23)9-13/h5-10,12H,4,11H2,1-3H3,(H,24,25,27). The van der Waals surface area contributed by atoms with Gasteiger partial charge in [-0.15, -0.1) is 0 Å². The number of benzene rings is 2. The van der Waals surface area contributed by atoms with Gasteiger partial charge in [-0.2, -0.15) is 4.98 Å². The van der Waals surface area contributed by atoms with Gasteiger partial charge in [0.05, 0.1) is 27.0 Å². The minimum absolute atomic E-state index is 0.0412. The zero-order chi connectivity index (χ0) is 21.0. The van der Waals surface area contributed by atoms with Gasteiger partial charge in [-0.25, -0.2) is 8.78 Å². The SMILES string of the molecule is CCc1ccc(OC)cc1Nc1nc(=O)c(OC)cn1Cc1ccc(F)c(F)c1. The third kappa shape index (κ3) is 4.53. The molecule has 1 heterocycles. The molecule has 0 fully saturated rings. The second-order valence-corrected chi connectivity index (χ2v) is 6.32. The normalized spacial score (nSPS) is 10.7. The van der Waals surface area contributed by atoms with E-state index in [9.17, 15) is 13.6 Å². The number of nitrogens with zero attached hydrogens (tertiary/aromatic N) is 2. The summed E-state index contributed by atoms with van der Waals surface area (Å²) in [6.07, 6.45) is 2.22. The van der Waals surface area contributed by atoms with Crippen molar-refractivity contribution >= 4 is 11.6 Å². The van der Waals surface area contributed by atoms with E-state index < -0.39 is 17.2 Å². The highest BCUT2D eigenvalue weighted by Crippen LogP contribution is 2.26. The molecule has 0 bridgehead atoms. The monoisotopic (exact) mass is 401 g/mol. The fourth-order valence-corrected chi connectivity index (χ4v) is 2.90. The Bertz CT molecular complexity index is 1080. The number of hydrogen-bond acceptors (Lipinski definition) is 5. The molecule has 2 aromatic carbocycles. The molecule has 1 N–H and O–H groups in total. The van der Waals surface area contributed by atoms with Crippen LogP contribution in [-0.2, 0) is 13.0 Å². The van der Waals surface area contributed by atoms with Crippen LogP contribution in [0.25, 0.3) is 0 Å². The maximum atomic E-state index is 13.6. The van der Waals surface area contributed by atoms with E-state index in [1.807, 2.05) is 19.1 Å². The van der Waals surface area contributed by atoms with Crippen molar-refractivity contribution in [2.75, 3.05) is 19.5 Å². The maximum Gasteiger partial charge on any atom is 0.316 e. The molecule has 0 amide bonds. The minimum Gasteiger partial charge on any atom is -0.497 e. The molecule has 6 nitrogen and oxygen atoms in total. The van der Waals surface area contributed by atoms with Crippen LogP contribution < -0.4 is 20.3 Å². The van der Waals surface area contributed by atoms with Crippen LogP contribution in [0.3, 0.4) is 0 Å². The molecule has 1 aromatic heterocycles. The van der Waals surface area contributed by atoms with E-state index in [-0.39, 0.29) is 18.2 Å². The number of aryl methyl sites for hydroxylation is 1. The van der Waals surface area contributed by atoms with Crippen molar-refractivity contribution in [2.24, 2.45) is 0 Å². The highest BCUT2D eigenvalue weighted by atomic mass is 19.2. The summed E-state index contributed by atoms with van der Waals surface area (Å²) >= 11 is 0. The third-order valence-electron chi connectivity index (χ3n) is 4.46. The molecule has 8 heteroatoms. The van der Waals surface area contributed by atoms with Crippen LogP contribution in [0.2, 0.25) is 0 Å². The smallest absolute Gasteiger partial charge is 0.316 e. The van der Waals surface area contributed by atoms with Crippen molar-refractivity contribution in [2.45, 2.75) is 19.9 Å². The van der Waals surface area contributed by atoms with E-state index in [4.69, 9.17) is 9.47 Å². The lowest BCUT2D eigenvalue weighted by Crippen LogP contribution is -2.19. The maximum absolute atomic E-state index is 13.6. The number of rotatable bonds is 7. The van der Waals surface area contributed by atoms with Crippen LogP contribution in [-0.4, -0.2) is 23.8 Å². The molecular weight excluding hydrogens is 380 g/mol. The number of hydrogen-bond donors (Lipinski definition) is 1. The predicted molar refractivity (Wildman–Crippen MR) is 106 cm³/mol. The fourth-order valence-electron chi connectivity index (χ4n) is 2.90. The van der Waals surface area contributed by atoms with Crippen LogP contribution >= 0.6 is 0 Å². The Morgan fingerprint density at radius 1 is 1.07 bits per heavy atom. The van der Waals surface area contributed by atoms with Crippen molar-refractivity contribution in [3.05, 3.63) is 75.7 Å². The van der Waals surface area contributed by atoms with Crippen molar-refractivity contribution in [1.29, 1.82) is 0 Å². The van der Waals surface area contributed by atoms with Gasteiger partial charge >= 0.3 is 5.56 Å². The van der Waals surface area contributed by atoms with E-state index in [0.29, 0.717) is 11.3 Å². The summed E-state index contributed by atoms with van der Waals surface area (Å²) in [7, 11) is 2.93. The van der Waals surface area contributed by atoms with Crippen molar-refractivity contribution < 1.29 is 18.3 Å². The molecule has 0 aliphatic rings. The second-order valence-electron chi connectivity index (χ2n) is 6.32. The van der Waals surface area contributed by atoms with Crippen LogP contribution in [0, 0.1) is 11.6 Å². The van der Waals surface area contributed by atoms with E-state index in [2.05, 4.69) is 10.3 Å². The molecule has 0 aliphatic carbocycles. The fraction of sp³-hybridized carbons (Fsp3) is 0.238. The van der Waals surface area contributed by atoms with Gasteiger partial charge in [-0.05, 0) is 35.7 Å². The van der Waals surface area contributed by atoms with Gasteiger partial charge in [0.15, 0.2) is 11.6 Å². The Labute approximate surface area is 166 Å². The number of ether oxygens (including phenoxy) is 2. The summed E-state index contributed by atoms with van der Waals surface area (Å²) in [6, 6.07) is 9.20. The van der Waals surface area contributed by atoms with E-state index >= 15 is 0 Å². The number of halogens is 2. The average molecular weight is 401 g/mol.